The topological polar surface area (TPSA) is 59.0 Å². The number of fused-ring (bicyclic) bond motifs is 1. The third kappa shape index (κ3) is 5.56. The molecule has 0 radical (unpaired) electrons. The first-order chi connectivity index (χ1) is 18.8. The van der Waals surface area contributed by atoms with Crippen LogP contribution in [0, 0.1) is 5.92 Å². The Balaban J connectivity index is 1.32. The van der Waals surface area contributed by atoms with E-state index in [2.05, 4.69) is 68.5 Å². The molecule has 3 aromatic rings. The van der Waals surface area contributed by atoms with Crippen LogP contribution in [0.5, 0.6) is 5.75 Å². The smallest absolute Gasteiger partial charge is 0.231 e. The molecule has 2 heterocycles. The summed E-state index contributed by atoms with van der Waals surface area (Å²) in [5.74, 6) is 1.42. The van der Waals surface area contributed by atoms with Crippen molar-refractivity contribution in [3.8, 4) is 5.75 Å². The van der Waals surface area contributed by atoms with E-state index < -0.39 is 8.07 Å². The Morgan fingerprint density at radius 3 is 2.49 bits per heavy atom. The predicted molar refractivity (Wildman–Crippen MR) is 160 cm³/mol. The van der Waals surface area contributed by atoms with Gasteiger partial charge in [0.15, 0.2) is 0 Å². The Kier molecular flexibility index (Phi) is 8.26. The number of aliphatic hydroxyl groups excluding tert-OH is 1. The van der Waals surface area contributed by atoms with Crippen molar-refractivity contribution in [2.75, 3.05) is 18.6 Å². The van der Waals surface area contributed by atoms with E-state index in [1.165, 1.54) is 16.3 Å². The molecule has 1 fully saturated rings. The number of rotatable bonds is 9. The first-order valence-corrected chi connectivity index (χ1v) is 17.3. The van der Waals surface area contributed by atoms with Crippen LogP contribution in [0.2, 0.25) is 18.6 Å². The second-order valence-corrected chi connectivity index (χ2v) is 16.3. The molecule has 5 rings (SSSR count). The number of methoxy groups -OCH3 is 1. The van der Waals surface area contributed by atoms with Gasteiger partial charge in [-0.25, -0.2) is 0 Å². The average molecular weight is 544 g/mol. The van der Waals surface area contributed by atoms with Gasteiger partial charge in [0.25, 0.3) is 0 Å². The van der Waals surface area contributed by atoms with Crippen molar-refractivity contribution in [2.45, 2.75) is 69.9 Å². The summed E-state index contributed by atoms with van der Waals surface area (Å²) in [6.45, 7) is 7.35. The molecule has 4 atom stereocenters. The van der Waals surface area contributed by atoms with E-state index in [1.54, 1.807) is 7.11 Å². The summed E-state index contributed by atoms with van der Waals surface area (Å²) in [6, 6.07) is 25.2. The van der Waals surface area contributed by atoms with Crippen LogP contribution < -0.4 is 14.8 Å². The van der Waals surface area contributed by atoms with E-state index >= 15 is 0 Å². The average Bonchev–Trinajstić information content (AvgIpc) is 3.27. The summed E-state index contributed by atoms with van der Waals surface area (Å²) in [6.07, 6.45) is 4.01. The SMILES string of the molecule is COc1ccc([Si](C)(C)[C@@H]2[C@@H](C)[C@@H](CCc3cccc(N4C(=O)CCc5ccccc54)c3)O[C@H]2CCO)cc1. The van der Waals surface area contributed by atoms with E-state index in [1.807, 2.05) is 29.2 Å². The molecule has 2 aliphatic heterocycles. The number of aryl methyl sites for hydroxylation is 2. The van der Waals surface area contributed by atoms with Gasteiger partial charge in [0.05, 0.1) is 33.1 Å². The molecule has 3 aromatic carbocycles. The Morgan fingerprint density at radius 2 is 1.74 bits per heavy atom. The zero-order chi connectivity index (χ0) is 27.6. The molecule has 2 aliphatic rings. The number of hydrogen-bond acceptors (Lipinski definition) is 4. The van der Waals surface area contributed by atoms with Gasteiger partial charge < -0.3 is 14.6 Å². The van der Waals surface area contributed by atoms with Gasteiger partial charge in [-0.05, 0) is 78.6 Å². The van der Waals surface area contributed by atoms with Crippen molar-refractivity contribution in [1.29, 1.82) is 0 Å². The largest absolute Gasteiger partial charge is 0.497 e. The molecule has 0 saturated carbocycles. The second kappa shape index (κ2) is 11.7. The van der Waals surface area contributed by atoms with Crippen LogP contribution in [0.4, 0.5) is 11.4 Å². The highest BCUT2D eigenvalue weighted by Gasteiger charge is 2.50. The van der Waals surface area contributed by atoms with E-state index in [-0.39, 0.29) is 24.7 Å². The third-order valence-corrected chi connectivity index (χ3v) is 13.3. The third-order valence-electron chi connectivity index (χ3n) is 8.96. The minimum Gasteiger partial charge on any atom is -0.497 e. The summed E-state index contributed by atoms with van der Waals surface area (Å²) in [5.41, 5.74) is 4.79. The second-order valence-electron chi connectivity index (χ2n) is 11.6. The van der Waals surface area contributed by atoms with Crippen LogP contribution in [0.3, 0.4) is 0 Å². The number of hydrogen-bond donors (Lipinski definition) is 1. The number of ether oxygens (including phenoxy) is 2. The molecule has 5 nitrogen and oxygen atoms in total. The van der Waals surface area contributed by atoms with Gasteiger partial charge in [0.1, 0.15) is 5.75 Å². The lowest BCUT2D eigenvalue weighted by Crippen LogP contribution is -2.50. The summed E-state index contributed by atoms with van der Waals surface area (Å²) in [5, 5.41) is 11.3. The molecule has 39 heavy (non-hydrogen) atoms. The maximum Gasteiger partial charge on any atom is 0.231 e. The number of nitrogens with zero attached hydrogens (tertiary/aromatic N) is 1. The molecule has 0 unspecified atom stereocenters. The van der Waals surface area contributed by atoms with E-state index in [0.29, 0.717) is 24.3 Å². The highest BCUT2D eigenvalue weighted by Crippen LogP contribution is 2.46. The summed E-state index contributed by atoms with van der Waals surface area (Å²) >= 11 is 0. The van der Waals surface area contributed by atoms with E-state index in [9.17, 15) is 9.90 Å². The molecule has 1 N–H and O–H groups in total. The molecular formula is C33H41NO4Si. The van der Waals surface area contributed by atoms with Gasteiger partial charge in [0.2, 0.25) is 5.91 Å². The van der Waals surface area contributed by atoms with Crippen LogP contribution in [-0.2, 0) is 22.4 Å². The zero-order valence-electron chi connectivity index (χ0n) is 23.6. The molecule has 206 valence electrons. The van der Waals surface area contributed by atoms with Gasteiger partial charge in [-0.1, -0.05) is 67.7 Å². The minimum atomic E-state index is -1.90. The molecular weight excluding hydrogens is 502 g/mol. The van der Waals surface area contributed by atoms with Crippen LogP contribution in [0.15, 0.2) is 72.8 Å². The number of anilines is 2. The van der Waals surface area contributed by atoms with Gasteiger partial charge >= 0.3 is 0 Å². The summed E-state index contributed by atoms with van der Waals surface area (Å²) in [7, 11) is -0.205. The lowest BCUT2D eigenvalue weighted by molar-refractivity contribution is -0.118. The van der Waals surface area contributed by atoms with Crippen molar-refractivity contribution in [3.05, 3.63) is 83.9 Å². The summed E-state index contributed by atoms with van der Waals surface area (Å²) in [4.78, 5) is 14.8. The lowest BCUT2D eigenvalue weighted by Gasteiger charge is -2.36. The highest BCUT2D eigenvalue weighted by atomic mass is 28.3. The van der Waals surface area contributed by atoms with E-state index in [4.69, 9.17) is 9.47 Å². The van der Waals surface area contributed by atoms with Crippen molar-refractivity contribution >= 4 is 30.5 Å². The monoisotopic (exact) mass is 543 g/mol. The van der Waals surface area contributed by atoms with Crippen LogP contribution in [0.25, 0.3) is 0 Å². The molecule has 6 heteroatoms. The summed E-state index contributed by atoms with van der Waals surface area (Å²) < 4.78 is 12.1. The van der Waals surface area contributed by atoms with Gasteiger partial charge in [0, 0.05) is 18.7 Å². The number of carbonyl (C=O) groups is 1. The van der Waals surface area contributed by atoms with Crippen molar-refractivity contribution in [3.63, 3.8) is 0 Å². The number of aliphatic hydroxyl groups is 1. The normalized spacial score (nSPS) is 23.1. The predicted octanol–water partition coefficient (Wildman–Crippen LogP) is 6.01. The lowest BCUT2D eigenvalue weighted by atomic mass is 9.95. The molecule has 1 amide bonds. The van der Waals surface area contributed by atoms with E-state index in [0.717, 1.165) is 36.4 Å². The fourth-order valence-electron chi connectivity index (χ4n) is 6.91. The number of benzene rings is 3. The first-order valence-electron chi connectivity index (χ1n) is 14.2. The fourth-order valence-corrected chi connectivity index (χ4v) is 11.0. The maximum absolute atomic E-state index is 12.9. The van der Waals surface area contributed by atoms with Crippen molar-refractivity contribution in [2.24, 2.45) is 5.92 Å². The minimum absolute atomic E-state index is 0.0626. The standard InChI is InChI=1S/C33H41NO4Si/c1-23-30(38-31(20-21-35)33(23)39(3,4)28-16-14-27(37-2)15-17-28)18-12-24-8-7-10-26(22-24)34-29-11-6-5-9-25(29)13-19-32(34)36/h5-11,14-17,22-23,30-31,33,35H,12-13,18-21H2,1-4H3/t23-,30+,31-,33+/m0/s1. The zero-order valence-corrected chi connectivity index (χ0v) is 24.6. The molecule has 0 spiro atoms. The van der Waals surface area contributed by atoms with Gasteiger partial charge in [-0.15, -0.1) is 0 Å². The Labute approximate surface area is 233 Å². The quantitative estimate of drug-likeness (QED) is 0.336. The Morgan fingerprint density at radius 1 is 0.974 bits per heavy atom. The van der Waals surface area contributed by atoms with Gasteiger partial charge in [-0.3, -0.25) is 9.69 Å². The van der Waals surface area contributed by atoms with Crippen LogP contribution in [-0.4, -0.2) is 45.0 Å². The highest BCUT2D eigenvalue weighted by molar-refractivity contribution is 6.91. The fraction of sp³-hybridized carbons (Fsp3) is 0.424. The van der Waals surface area contributed by atoms with Crippen molar-refractivity contribution < 1.29 is 19.4 Å². The van der Waals surface area contributed by atoms with Gasteiger partial charge in [-0.2, -0.15) is 0 Å². The first kappa shape index (κ1) is 27.6. The molecule has 1 saturated heterocycles. The van der Waals surface area contributed by atoms with Crippen molar-refractivity contribution in [1.82, 2.24) is 0 Å². The number of carbonyl (C=O) groups excluding carboxylic acids is 1. The van der Waals surface area contributed by atoms with Crippen LogP contribution in [0.1, 0.15) is 37.3 Å². The maximum atomic E-state index is 12.9. The Bertz CT molecular complexity index is 1290. The molecule has 0 aromatic heterocycles. The molecule has 0 bridgehead atoms. The van der Waals surface area contributed by atoms with Crippen LogP contribution >= 0.6 is 0 Å². The number of amides is 1. The molecule has 0 aliphatic carbocycles. The Hall–Kier alpha value is -2.93. The number of para-hydroxylation sites is 1.